The van der Waals surface area contributed by atoms with Gasteiger partial charge in [-0.15, -0.1) is 0 Å². The van der Waals surface area contributed by atoms with Crippen LogP contribution in [0.1, 0.15) is 34.5 Å². The third-order valence-corrected chi connectivity index (χ3v) is 3.95. The summed E-state index contributed by atoms with van der Waals surface area (Å²) in [5.74, 6) is 0.635. The van der Waals surface area contributed by atoms with Crippen LogP contribution < -0.4 is 0 Å². The van der Waals surface area contributed by atoms with Crippen molar-refractivity contribution in [3.05, 3.63) is 53.7 Å². The topological polar surface area (TPSA) is 55.6 Å². The largest absolute Gasteiger partial charge is 0.469 e. The van der Waals surface area contributed by atoms with Crippen LogP contribution in [0.5, 0.6) is 0 Å². The molecular formula is C17H20N2O3. The van der Waals surface area contributed by atoms with Gasteiger partial charge >= 0.3 is 0 Å². The fourth-order valence-corrected chi connectivity index (χ4v) is 2.74. The highest BCUT2D eigenvalue weighted by molar-refractivity contribution is 5.95. The van der Waals surface area contributed by atoms with Crippen LogP contribution in [-0.2, 0) is 11.3 Å². The average molecular weight is 300 g/mol. The molecule has 0 aromatic carbocycles. The number of carbonyl (C=O) groups is 1. The summed E-state index contributed by atoms with van der Waals surface area (Å²) >= 11 is 0. The van der Waals surface area contributed by atoms with Gasteiger partial charge in [0.25, 0.3) is 5.91 Å². The van der Waals surface area contributed by atoms with E-state index in [1.807, 2.05) is 24.0 Å². The monoisotopic (exact) mass is 300 g/mol. The zero-order valence-corrected chi connectivity index (χ0v) is 12.7. The Morgan fingerprint density at radius 1 is 1.36 bits per heavy atom. The van der Waals surface area contributed by atoms with Crippen LogP contribution in [0.2, 0.25) is 0 Å². The minimum absolute atomic E-state index is 0.0152. The maximum Gasteiger partial charge on any atom is 0.257 e. The van der Waals surface area contributed by atoms with Gasteiger partial charge in [0.2, 0.25) is 0 Å². The molecule has 1 aliphatic rings. The summed E-state index contributed by atoms with van der Waals surface area (Å²) in [5, 5.41) is 0. The summed E-state index contributed by atoms with van der Waals surface area (Å²) in [7, 11) is 0. The molecule has 0 N–H and O–H groups in total. The number of ether oxygens (including phenoxy) is 1. The molecule has 1 saturated heterocycles. The number of furan rings is 1. The van der Waals surface area contributed by atoms with Crippen LogP contribution in [-0.4, -0.2) is 35.0 Å². The number of amides is 1. The van der Waals surface area contributed by atoms with E-state index in [1.165, 1.54) is 0 Å². The van der Waals surface area contributed by atoms with Gasteiger partial charge in [-0.2, -0.15) is 0 Å². The zero-order chi connectivity index (χ0) is 15.4. The lowest BCUT2D eigenvalue weighted by Gasteiger charge is -2.25. The molecular weight excluding hydrogens is 280 g/mol. The number of pyridine rings is 1. The van der Waals surface area contributed by atoms with Gasteiger partial charge in [-0.05, 0) is 43.5 Å². The fourth-order valence-electron chi connectivity index (χ4n) is 2.74. The van der Waals surface area contributed by atoms with E-state index in [-0.39, 0.29) is 12.0 Å². The van der Waals surface area contributed by atoms with Crippen molar-refractivity contribution in [3.8, 4) is 0 Å². The van der Waals surface area contributed by atoms with Crippen LogP contribution >= 0.6 is 0 Å². The van der Waals surface area contributed by atoms with Crippen molar-refractivity contribution >= 4 is 5.91 Å². The molecule has 2 aromatic heterocycles. The molecule has 22 heavy (non-hydrogen) atoms. The molecule has 0 aliphatic carbocycles. The predicted octanol–water partition coefficient (Wildman–Crippen LogP) is 2.80. The fraction of sp³-hybridized carbons (Fsp3) is 0.412. The van der Waals surface area contributed by atoms with Crippen LogP contribution in [0.25, 0.3) is 0 Å². The molecule has 0 saturated carbocycles. The van der Waals surface area contributed by atoms with Gasteiger partial charge in [-0.25, -0.2) is 0 Å². The van der Waals surface area contributed by atoms with Gasteiger partial charge in [0.15, 0.2) is 0 Å². The molecule has 1 aliphatic heterocycles. The molecule has 0 radical (unpaired) electrons. The van der Waals surface area contributed by atoms with Gasteiger partial charge < -0.3 is 14.1 Å². The molecule has 1 atom stereocenters. The van der Waals surface area contributed by atoms with Crippen LogP contribution in [0.3, 0.4) is 0 Å². The van der Waals surface area contributed by atoms with E-state index < -0.39 is 0 Å². The van der Waals surface area contributed by atoms with Gasteiger partial charge in [-0.1, -0.05) is 0 Å². The normalized spacial score (nSPS) is 17.6. The average Bonchev–Trinajstić information content (AvgIpc) is 3.18. The van der Waals surface area contributed by atoms with Crippen LogP contribution in [0, 0.1) is 6.92 Å². The van der Waals surface area contributed by atoms with Gasteiger partial charge in [0.1, 0.15) is 5.76 Å². The Morgan fingerprint density at radius 3 is 2.82 bits per heavy atom. The lowest BCUT2D eigenvalue weighted by atomic mass is 10.1. The Labute approximate surface area is 129 Å². The lowest BCUT2D eigenvalue weighted by Crippen LogP contribution is -2.37. The molecule has 2 aromatic rings. The Hall–Kier alpha value is -2.14. The van der Waals surface area contributed by atoms with Crippen LogP contribution in [0.15, 0.2) is 41.3 Å². The van der Waals surface area contributed by atoms with E-state index in [1.54, 1.807) is 24.7 Å². The maximum atomic E-state index is 12.8. The quantitative estimate of drug-likeness (QED) is 0.852. The first kappa shape index (κ1) is 14.8. The lowest BCUT2D eigenvalue weighted by molar-refractivity contribution is 0.0506. The van der Waals surface area contributed by atoms with Crippen molar-refractivity contribution in [1.29, 1.82) is 0 Å². The van der Waals surface area contributed by atoms with E-state index in [4.69, 9.17) is 9.15 Å². The Morgan fingerprint density at radius 2 is 2.18 bits per heavy atom. The van der Waals surface area contributed by atoms with E-state index in [9.17, 15) is 4.79 Å². The van der Waals surface area contributed by atoms with Gasteiger partial charge in [-0.3, -0.25) is 9.78 Å². The van der Waals surface area contributed by atoms with E-state index in [0.29, 0.717) is 24.4 Å². The Bertz CT molecular complexity index is 618. The van der Waals surface area contributed by atoms with Gasteiger partial charge in [0, 0.05) is 32.1 Å². The van der Waals surface area contributed by atoms with Crippen molar-refractivity contribution in [2.24, 2.45) is 0 Å². The summed E-state index contributed by atoms with van der Waals surface area (Å²) in [4.78, 5) is 18.7. The van der Waals surface area contributed by atoms with Crippen molar-refractivity contribution in [1.82, 2.24) is 9.88 Å². The molecule has 3 heterocycles. The minimum Gasteiger partial charge on any atom is -0.469 e. The molecule has 5 heteroatoms. The Kier molecular flexibility index (Phi) is 4.53. The standard InChI is InChI=1S/C17H20N2O3/c1-13-16(6-10-21-13)17(20)19(12-15-3-2-9-22-15)11-14-4-7-18-8-5-14/h4-8,10,15H,2-3,9,11-12H2,1H3/t15-/m1/s1. The first-order chi connectivity index (χ1) is 10.7. The summed E-state index contributed by atoms with van der Waals surface area (Å²) in [5.41, 5.74) is 1.68. The summed E-state index contributed by atoms with van der Waals surface area (Å²) in [6.07, 6.45) is 7.23. The number of carbonyl (C=O) groups excluding carboxylic acids is 1. The van der Waals surface area contributed by atoms with Crippen LogP contribution in [0.4, 0.5) is 0 Å². The number of nitrogens with zero attached hydrogens (tertiary/aromatic N) is 2. The highest BCUT2D eigenvalue weighted by Gasteiger charge is 2.25. The second kappa shape index (κ2) is 6.75. The second-order valence-corrected chi connectivity index (χ2v) is 5.57. The molecule has 0 spiro atoms. The predicted molar refractivity (Wildman–Crippen MR) is 81.4 cm³/mol. The molecule has 116 valence electrons. The highest BCUT2D eigenvalue weighted by Crippen LogP contribution is 2.19. The summed E-state index contributed by atoms with van der Waals surface area (Å²) in [6, 6.07) is 5.59. The second-order valence-electron chi connectivity index (χ2n) is 5.57. The van der Waals surface area contributed by atoms with Crippen molar-refractivity contribution < 1.29 is 13.9 Å². The number of hydrogen-bond donors (Lipinski definition) is 0. The first-order valence-corrected chi connectivity index (χ1v) is 7.58. The summed E-state index contributed by atoms with van der Waals surface area (Å²) < 4.78 is 11.0. The third-order valence-electron chi connectivity index (χ3n) is 3.95. The van der Waals surface area contributed by atoms with Crippen molar-refractivity contribution in [3.63, 3.8) is 0 Å². The van der Waals surface area contributed by atoms with E-state index in [0.717, 1.165) is 25.0 Å². The SMILES string of the molecule is Cc1occc1C(=O)N(Cc1ccncc1)C[C@H]1CCCO1. The van der Waals surface area contributed by atoms with Gasteiger partial charge in [0.05, 0.1) is 17.9 Å². The molecule has 0 bridgehead atoms. The van der Waals surface area contributed by atoms with Crippen molar-refractivity contribution in [2.75, 3.05) is 13.2 Å². The first-order valence-electron chi connectivity index (χ1n) is 7.58. The molecule has 0 unspecified atom stereocenters. The third kappa shape index (κ3) is 3.36. The zero-order valence-electron chi connectivity index (χ0n) is 12.7. The number of hydrogen-bond acceptors (Lipinski definition) is 4. The Balaban J connectivity index is 1.78. The minimum atomic E-state index is -0.0152. The smallest absolute Gasteiger partial charge is 0.257 e. The van der Waals surface area contributed by atoms with Crippen molar-refractivity contribution in [2.45, 2.75) is 32.4 Å². The molecule has 1 fully saturated rings. The number of aryl methyl sites for hydroxylation is 1. The summed E-state index contributed by atoms with van der Waals surface area (Å²) in [6.45, 7) is 3.74. The number of aromatic nitrogens is 1. The molecule has 5 nitrogen and oxygen atoms in total. The maximum absolute atomic E-state index is 12.8. The molecule has 1 amide bonds. The van der Waals surface area contributed by atoms with E-state index >= 15 is 0 Å². The van der Waals surface area contributed by atoms with E-state index in [2.05, 4.69) is 4.98 Å². The highest BCUT2D eigenvalue weighted by atomic mass is 16.5. The number of rotatable bonds is 5. The molecule has 3 rings (SSSR count).